The lowest BCUT2D eigenvalue weighted by atomic mass is 10.1. The maximum absolute atomic E-state index is 11.0. The Morgan fingerprint density at radius 3 is 2.44 bits per heavy atom. The number of nitrogen functional groups attached to an aromatic ring is 1. The van der Waals surface area contributed by atoms with Crippen LogP contribution in [-0.2, 0) is 10.1 Å². The minimum Gasteiger partial charge on any atom is -0.398 e. The van der Waals surface area contributed by atoms with E-state index in [0.29, 0.717) is 5.69 Å². The molecule has 0 unspecified atom stereocenters. The van der Waals surface area contributed by atoms with Gasteiger partial charge in [-0.2, -0.15) is 8.42 Å². The highest BCUT2D eigenvalue weighted by Gasteiger charge is 2.08. The molecule has 0 saturated carbocycles. The van der Waals surface area contributed by atoms with E-state index in [1.54, 1.807) is 24.3 Å². The first-order chi connectivity index (χ1) is 7.87. The van der Waals surface area contributed by atoms with Gasteiger partial charge in [0.2, 0.25) is 0 Å². The molecular weight excluding hydrogens is 342 g/mol. The highest BCUT2D eigenvalue weighted by atomic mass is 79.9. The Kier molecular flexibility index (Phi) is 4.47. The molecule has 98 valence electrons. The molecule has 0 aliphatic heterocycles. The third-order valence-electron chi connectivity index (χ3n) is 2.22. The Morgan fingerprint density at radius 2 is 1.83 bits per heavy atom. The van der Waals surface area contributed by atoms with Gasteiger partial charge in [-0.3, -0.25) is 0 Å². The van der Waals surface area contributed by atoms with Gasteiger partial charge in [0.05, 0.1) is 6.26 Å². The van der Waals surface area contributed by atoms with Crippen LogP contribution in [0.15, 0.2) is 34.8 Å². The van der Waals surface area contributed by atoms with Crippen LogP contribution < -0.4 is 9.92 Å². The Bertz CT molecular complexity index is 688. The Morgan fingerprint density at radius 1 is 1.17 bits per heavy atom. The molecule has 0 heterocycles. The zero-order chi connectivity index (χ0) is 12.6. The molecule has 0 atom stereocenters. The predicted octanol–water partition coefficient (Wildman–Crippen LogP) is 2.94. The van der Waals surface area contributed by atoms with Crippen molar-refractivity contribution in [1.82, 2.24) is 0 Å². The molecule has 0 saturated heterocycles. The molecule has 7 heteroatoms. The number of benzene rings is 2. The van der Waals surface area contributed by atoms with E-state index in [-0.39, 0.29) is 18.2 Å². The van der Waals surface area contributed by atoms with Gasteiger partial charge in [-0.1, -0.05) is 15.9 Å². The van der Waals surface area contributed by atoms with Gasteiger partial charge >= 0.3 is 10.1 Å². The fraction of sp³-hybridized carbons (Fsp3) is 0.0909. The number of fused-ring (bicyclic) bond motifs is 1. The maximum Gasteiger partial charge on any atom is 0.306 e. The van der Waals surface area contributed by atoms with Crippen molar-refractivity contribution in [3.05, 3.63) is 34.8 Å². The quantitative estimate of drug-likeness (QED) is 0.666. The first kappa shape index (κ1) is 15.1. The van der Waals surface area contributed by atoms with E-state index in [1.807, 2.05) is 6.07 Å². The average molecular weight is 353 g/mol. The van der Waals surface area contributed by atoms with E-state index < -0.39 is 10.1 Å². The summed E-state index contributed by atoms with van der Waals surface area (Å²) in [6.45, 7) is 0. The molecule has 0 radical (unpaired) electrons. The van der Waals surface area contributed by atoms with E-state index in [4.69, 9.17) is 9.92 Å². The van der Waals surface area contributed by atoms with Crippen LogP contribution in [-0.4, -0.2) is 14.7 Å². The highest BCUT2D eigenvalue weighted by Crippen LogP contribution is 2.31. The monoisotopic (exact) mass is 351 g/mol. The van der Waals surface area contributed by atoms with Crippen LogP contribution in [0.25, 0.3) is 10.8 Å². The molecule has 2 rings (SSSR count). The molecule has 0 amide bonds. The SMILES string of the molecule is CS(=O)(=O)Oc1ccc2c(Br)ccc(N)c2c1.Cl. The Balaban J connectivity index is 0.00000162. The van der Waals surface area contributed by atoms with Crippen LogP contribution in [0.3, 0.4) is 0 Å². The summed E-state index contributed by atoms with van der Waals surface area (Å²) in [5.41, 5.74) is 6.40. The van der Waals surface area contributed by atoms with Crippen LogP contribution in [0.2, 0.25) is 0 Å². The number of nitrogens with two attached hydrogens (primary N) is 1. The standard InChI is InChI=1S/C11H10BrNO3S.ClH/c1-17(14,15)16-7-2-3-8-9(6-7)11(13)5-4-10(8)12;/h2-6H,13H2,1H3;1H. The highest BCUT2D eigenvalue weighted by molar-refractivity contribution is 9.10. The molecule has 2 aromatic carbocycles. The fourth-order valence-electron chi connectivity index (χ4n) is 1.54. The number of hydrogen-bond donors (Lipinski definition) is 1. The summed E-state index contributed by atoms with van der Waals surface area (Å²) < 4.78 is 27.8. The molecule has 2 aromatic rings. The van der Waals surface area contributed by atoms with E-state index in [1.165, 1.54) is 0 Å². The summed E-state index contributed by atoms with van der Waals surface area (Å²) >= 11 is 3.40. The second kappa shape index (κ2) is 5.34. The summed E-state index contributed by atoms with van der Waals surface area (Å²) in [6.07, 6.45) is 1.00. The van der Waals surface area contributed by atoms with Gasteiger partial charge in [0, 0.05) is 15.5 Å². The van der Waals surface area contributed by atoms with Gasteiger partial charge in [-0.25, -0.2) is 0 Å². The first-order valence-electron chi connectivity index (χ1n) is 4.74. The summed E-state index contributed by atoms with van der Waals surface area (Å²) in [7, 11) is -3.52. The van der Waals surface area contributed by atoms with Gasteiger partial charge in [0.15, 0.2) is 0 Å². The van der Waals surface area contributed by atoms with Crippen molar-refractivity contribution in [3.63, 3.8) is 0 Å². The minimum absolute atomic E-state index is 0. The lowest BCUT2D eigenvalue weighted by Crippen LogP contribution is -2.05. The summed E-state index contributed by atoms with van der Waals surface area (Å²) in [5, 5.41) is 1.66. The fourth-order valence-corrected chi connectivity index (χ4v) is 2.47. The van der Waals surface area contributed by atoms with Crippen molar-refractivity contribution in [1.29, 1.82) is 0 Å². The van der Waals surface area contributed by atoms with E-state index in [0.717, 1.165) is 21.5 Å². The largest absolute Gasteiger partial charge is 0.398 e. The van der Waals surface area contributed by atoms with Crippen molar-refractivity contribution in [2.75, 3.05) is 12.0 Å². The zero-order valence-corrected chi connectivity index (χ0v) is 12.6. The number of rotatable bonds is 2. The van der Waals surface area contributed by atoms with Crippen LogP contribution >= 0.6 is 28.3 Å². The zero-order valence-electron chi connectivity index (χ0n) is 9.38. The molecule has 0 aliphatic rings. The van der Waals surface area contributed by atoms with Crippen molar-refractivity contribution >= 4 is 54.9 Å². The topological polar surface area (TPSA) is 69.4 Å². The van der Waals surface area contributed by atoms with Crippen molar-refractivity contribution in [2.45, 2.75) is 0 Å². The lowest BCUT2D eigenvalue weighted by Gasteiger charge is -2.07. The molecule has 4 nitrogen and oxygen atoms in total. The van der Waals surface area contributed by atoms with E-state index in [9.17, 15) is 8.42 Å². The van der Waals surface area contributed by atoms with E-state index in [2.05, 4.69) is 15.9 Å². The number of halogens is 2. The van der Waals surface area contributed by atoms with Crippen LogP contribution in [0.5, 0.6) is 5.75 Å². The molecule has 2 N–H and O–H groups in total. The molecule has 0 fully saturated rings. The summed E-state index contributed by atoms with van der Waals surface area (Å²) in [5.74, 6) is 0.254. The van der Waals surface area contributed by atoms with Gasteiger partial charge in [0.1, 0.15) is 5.75 Å². The number of anilines is 1. The normalized spacial score (nSPS) is 11.0. The van der Waals surface area contributed by atoms with Crippen molar-refractivity contribution < 1.29 is 12.6 Å². The minimum atomic E-state index is -3.52. The molecular formula is C11H11BrClNO3S. The van der Waals surface area contributed by atoms with Crippen LogP contribution in [0.1, 0.15) is 0 Å². The van der Waals surface area contributed by atoms with E-state index >= 15 is 0 Å². The van der Waals surface area contributed by atoms with Crippen LogP contribution in [0.4, 0.5) is 5.69 Å². The lowest BCUT2D eigenvalue weighted by molar-refractivity contribution is 0.493. The van der Waals surface area contributed by atoms with Gasteiger partial charge in [-0.05, 0) is 35.7 Å². The first-order valence-corrected chi connectivity index (χ1v) is 7.35. The Hall–Kier alpha value is -0.980. The second-order valence-corrected chi connectivity index (χ2v) is 6.06. The van der Waals surface area contributed by atoms with Gasteiger partial charge in [0.25, 0.3) is 0 Å². The average Bonchev–Trinajstić information content (AvgIpc) is 2.21. The van der Waals surface area contributed by atoms with Crippen LogP contribution in [0, 0.1) is 0 Å². The predicted molar refractivity (Wildman–Crippen MR) is 78.8 cm³/mol. The molecule has 0 aromatic heterocycles. The molecule has 0 aliphatic carbocycles. The molecule has 18 heavy (non-hydrogen) atoms. The third kappa shape index (κ3) is 3.28. The van der Waals surface area contributed by atoms with Crippen molar-refractivity contribution in [2.24, 2.45) is 0 Å². The van der Waals surface area contributed by atoms with Gasteiger partial charge < -0.3 is 9.92 Å². The summed E-state index contributed by atoms with van der Waals surface area (Å²) in [4.78, 5) is 0. The van der Waals surface area contributed by atoms with Crippen molar-refractivity contribution in [3.8, 4) is 5.75 Å². The molecule has 0 bridgehead atoms. The maximum atomic E-state index is 11.0. The number of hydrogen-bond acceptors (Lipinski definition) is 4. The second-order valence-electron chi connectivity index (χ2n) is 3.63. The molecule has 0 spiro atoms. The van der Waals surface area contributed by atoms with Gasteiger partial charge in [-0.15, -0.1) is 12.4 Å². The third-order valence-corrected chi connectivity index (χ3v) is 3.40. The Labute approximate surface area is 120 Å². The summed E-state index contributed by atoms with van der Waals surface area (Å²) in [6, 6.07) is 8.55. The smallest absolute Gasteiger partial charge is 0.306 e.